The Kier molecular flexibility index (Phi) is 6.48. The fourth-order valence-corrected chi connectivity index (χ4v) is 6.63. The van der Waals surface area contributed by atoms with E-state index in [1.807, 2.05) is 22.0 Å². The monoisotopic (exact) mass is 535 g/mol. The van der Waals surface area contributed by atoms with E-state index >= 15 is 0 Å². The number of carbonyl (C=O) groups is 3. The van der Waals surface area contributed by atoms with Crippen molar-refractivity contribution in [3.05, 3.63) is 46.3 Å². The molecule has 4 heterocycles. The molecule has 1 unspecified atom stereocenters. The van der Waals surface area contributed by atoms with Gasteiger partial charge in [0, 0.05) is 45.4 Å². The number of hydrogen-bond acceptors (Lipinski definition) is 8. The van der Waals surface area contributed by atoms with Crippen LogP contribution in [0.15, 0.2) is 30.3 Å². The van der Waals surface area contributed by atoms with Crippen molar-refractivity contribution in [3.8, 4) is 21.8 Å². The standard InChI is InChI=1S/C26H29N7O4S/c1-37-14-15-4-3-11-32(15)33(26(27)36)17-6-2-5-16-20(17)24(34)21-22(16)29-30-23(21)18-7-8-19(38-18)25(35)31-12-9-28-10-13-31/h2,5-8,15,28H,3-4,9-14H2,1H3,(H2,27,36)(H,29,30). The number of amides is 3. The number of rotatable bonds is 6. The Morgan fingerprint density at radius 2 is 2.00 bits per heavy atom. The number of aromatic amines is 1. The number of nitrogens with one attached hydrogen (secondary N) is 2. The van der Waals surface area contributed by atoms with Crippen LogP contribution in [0.4, 0.5) is 10.5 Å². The number of nitrogens with zero attached hydrogens (tertiary/aromatic N) is 4. The molecule has 11 nitrogen and oxygen atoms in total. The molecule has 38 heavy (non-hydrogen) atoms. The fourth-order valence-electron chi connectivity index (χ4n) is 5.65. The van der Waals surface area contributed by atoms with E-state index in [0.717, 1.165) is 30.8 Å². The first kappa shape index (κ1) is 24.7. The minimum atomic E-state index is -0.658. The van der Waals surface area contributed by atoms with Gasteiger partial charge in [0.2, 0.25) is 0 Å². The molecule has 4 N–H and O–H groups in total. The first-order chi connectivity index (χ1) is 18.5. The van der Waals surface area contributed by atoms with Gasteiger partial charge < -0.3 is 20.7 Å². The predicted molar refractivity (Wildman–Crippen MR) is 143 cm³/mol. The van der Waals surface area contributed by atoms with Gasteiger partial charge in [-0.25, -0.2) is 14.8 Å². The summed E-state index contributed by atoms with van der Waals surface area (Å²) in [5.41, 5.74) is 8.90. The van der Waals surface area contributed by atoms with Gasteiger partial charge in [-0.3, -0.25) is 14.7 Å². The number of thiophene rings is 1. The summed E-state index contributed by atoms with van der Waals surface area (Å²) in [6.45, 7) is 3.97. The summed E-state index contributed by atoms with van der Waals surface area (Å²) in [6.07, 6.45) is 1.75. The molecule has 1 atom stereocenters. The van der Waals surface area contributed by atoms with E-state index in [0.29, 0.717) is 64.9 Å². The van der Waals surface area contributed by atoms with Gasteiger partial charge in [-0.05, 0) is 31.0 Å². The van der Waals surface area contributed by atoms with Crippen LogP contribution in [-0.4, -0.2) is 90.3 Å². The van der Waals surface area contributed by atoms with Gasteiger partial charge in [-0.2, -0.15) is 5.10 Å². The number of piperazine rings is 1. The molecule has 1 aliphatic carbocycles. The van der Waals surface area contributed by atoms with E-state index < -0.39 is 6.03 Å². The second-order valence-corrected chi connectivity index (χ2v) is 10.7. The number of urea groups is 1. The summed E-state index contributed by atoms with van der Waals surface area (Å²) in [6, 6.07) is 8.34. The second-order valence-electron chi connectivity index (χ2n) is 9.62. The van der Waals surface area contributed by atoms with E-state index in [9.17, 15) is 14.4 Å². The number of anilines is 1. The summed E-state index contributed by atoms with van der Waals surface area (Å²) in [5.74, 6) is -0.240. The molecule has 2 fully saturated rings. The zero-order chi connectivity index (χ0) is 26.4. The Bertz CT molecular complexity index is 1410. The highest BCUT2D eigenvalue weighted by Gasteiger charge is 2.40. The molecule has 3 aromatic rings. The zero-order valence-electron chi connectivity index (χ0n) is 21.0. The lowest BCUT2D eigenvalue weighted by atomic mass is 10.1. The first-order valence-corrected chi connectivity index (χ1v) is 13.5. The van der Waals surface area contributed by atoms with E-state index in [4.69, 9.17) is 10.5 Å². The van der Waals surface area contributed by atoms with Gasteiger partial charge in [0.05, 0.1) is 44.9 Å². The van der Waals surface area contributed by atoms with E-state index in [1.165, 1.54) is 16.3 Å². The Hall–Kier alpha value is -3.58. The average molecular weight is 536 g/mol. The van der Waals surface area contributed by atoms with Crippen molar-refractivity contribution in [1.29, 1.82) is 0 Å². The van der Waals surface area contributed by atoms with E-state index in [-0.39, 0.29) is 17.7 Å². The topological polar surface area (TPSA) is 137 Å². The number of ketones is 1. The van der Waals surface area contributed by atoms with Crippen LogP contribution in [0.3, 0.4) is 0 Å². The molecule has 12 heteroatoms. The summed E-state index contributed by atoms with van der Waals surface area (Å²) in [4.78, 5) is 42.9. The third-order valence-electron chi connectivity index (χ3n) is 7.38. The minimum absolute atomic E-state index is 0.0101. The number of fused-ring (bicyclic) bond motifs is 3. The Labute approximate surface area is 223 Å². The van der Waals surface area contributed by atoms with Crippen molar-refractivity contribution < 1.29 is 19.1 Å². The number of carbonyl (C=O) groups excluding carboxylic acids is 3. The maximum atomic E-state index is 13.9. The Morgan fingerprint density at radius 1 is 1.18 bits per heavy atom. The third kappa shape index (κ3) is 4.00. The van der Waals surface area contributed by atoms with Crippen LogP contribution >= 0.6 is 11.3 Å². The molecule has 0 spiro atoms. The highest BCUT2D eigenvalue weighted by molar-refractivity contribution is 7.17. The van der Waals surface area contributed by atoms with Crippen LogP contribution in [0, 0.1) is 0 Å². The van der Waals surface area contributed by atoms with E-state index in [2.05, 4.69) is 15.5 Å². The third-order valence-corrected chi connectivity index (χ3v) is 8.48. The van der Waals surface area contributed by atoms with Crippen LogP contribution in [0.2, 0.25) is 0 Å². The van der Waals surface area contributed by atoms with Crippen molar-refractivity contribution in [2.75, 3.05) is 51.4 Å². The summed E-state index contributed by atoms with van der Waals surface area (Å²) >= 11 is 1.34. The molecule has 2 saturated heterocycles. The van der Waals surface area contributed by atoms with Gasteiger partial charge >= 0.3 is 6.03 Å². The quantitative estimate of drug-likeness (QED) is 0.345. The van der Waals surface area contributed by atoms with Crippen molar-refractivity contribution in [1.82, 2.24) is 25.4 Å². The Morgan fingerprint density at radius 3 is 2.76 bits per heavy atom. The molecule has 3 amide bonds. The number of primary amides is 1. The molecule has 0 radical (unpaired) electrons. The van der Waals surface area contributed by atoms with Gasteiger partial charge in [0.25, 0.3) is 5.91 Å². The van der Waals surface area contributed by atoms with Crippen LogP contribution in [0.1, 0.15) is 38.4 Å². The molecule has 2 aromatic heterocycles. The molecular formula is C26H29N7O4S. The molecule has 3 aliphatic rings. The molecule has 6 rings (SSSR count). The molecule has 198 valence electrons. The van der Waals surface area contributed by atoms with Crippen molar-refractivity contribution in [3.63, 3.8) is 0 Å². The van der Waals surface area contributed by atoms with Gasteiger partial charge in [-0.15, -0.1) is 11.3 Å². The van der Waals surface area contributed by atoms with Gasteiger partial charge in [0.1, 0.15) is 5.69 Å². The lowest BCUT2D eigenvalue weighted by Gasteiger charge is -2.35. The number of benzene rings is 1. The van der Waals surface area contributed by atoms with Crippen LogP contribution in [0.25, 0.3) is 21.8 Å². The normalized spacial score (nSPS) is 19.0. The minimum Gasteiger partial charge on any atom is -0.383 e. The lowest BCUT2D eigenvalue weighted by molar-refractivity contribution is 0.0740. The van der Waals surface area contributed by atoms with Crippen LogP contribution in [-0.2, 0) is 4.74 Å². The highest BCUT2D eigenvalue weighted by atomic mass is 32.1. The van der Waals surface area contributed by atoms with Crippen LogP contribution in [0.5, 0.6) is 0 Å². The van der Waals surface area contributed by atoms with Crippen molar-refractivity contribution >= 4 is 34.7 Å². The number of hydrogen-bond donors (Lipinski definition) is 3. The average Bonchev–Trinajstić information content (AvgIpc) is 3.71. The predicted octanol–water partition coefficient (Wildman–Crippen LogP) is 2.31. The van der Waals surface area contributed by atoms with Gasteiger partial charge in [-0.1, -0.05) is 12.1 Å². The second kappa shape index (κ2) is 9.95. The largest absolute Gasteiger partial charge is 0.383 e. The number of hydrazine groups is 1. The van der Waals surface area contributed by atoms with Crippen molar-refractivity contribution in [2.45, 2.75) is 18.9 Å². The van der Waals surface area contributed by atoms with E-state index in [1.54, 1.807) is 25.3 Å². The Balaban J connectivity index is 1.35. The summed E-state index contributed by atoms with van der Waals surface area (Å²) < 4.78 is 5.37. The fraction of sp³-hybridized carbons (Fsp3) is 0.385. The SMILES string of the molecule is COCC1CCCN1N(C(N)=O)c1cccc2c1C(=O)c1c-2n[nH]c1-c1ccc(C(=O)N2CCNCC2)s1. The van der Waals surface area contributed by atoms with Crippen molar-refractivity contribution in [2.24, 2.45) is 5.73 Å². The molecule has 0 saturated carbocycles. The number of aromatic nitrogens is 2. The highest BCUT2D eigenvalue weighted by Crippen LogP contribution is 2.45. The number of ether oxygens (including phenoxy) is 1. The maximum absolute atomic E-state index is 13.9. The summed E-state index contributed by atoms with van der Waals surface area (Å²) in [7, 11) is 1.63. The first-order valence-electron chi connectivity index (χ1n) is 12.7. The number of methoxy groups -OCH3 is 1. The van der Waals surface area contributed by atoms with Gasteiger partial charge in [0.15, 0.2) is 5.78 Å². The number of H-pyrrole nitrogens is 1. The smallest absolute Gasteiger partial charge is 0.334 e. The molecule has 2 aliphatic heterocycles. The molecular weight excluding hydrogens is 506 g/mol. The van der Waals surface area contributed by atoms with Crippen LogP contribution < -0.4 is 16.1 Å². The lowest BCUT2D eigenvalue weighted by Crippen LogP contribution is -2.53. The summed E-state index contributed by atoms with van der Waals surface area (Å²) in [5, 5.41) is 14.1. The molecule has 0 bridgehead atoms. The maximum Gasteiger partial charge on any atom is 0.334 e. The number of nitrogens with two attached hydrogens (primary N) is 1. The molecule has 1 aromatic carbocycles. The zero-order valence-corrected chi connectivity index (χ0v) is 21.8.